The minimum Gasteiger partial charge on any atom is -0.499 e. The number of carbonyl (C=O) groups is 2. The van der Waals surface area contributed by atoms with Gasteiger partial charge in [0.2, 0.25) is 0 Å². The minimum atomic E-state index is -1.61. The van der Waals surface area contributed by atoms with Crippen LogP contribution in [0.2, 0.25) is 0 Å². The third-order valence-electron chi connectivity index (χ3n) is 6.49. The van der Waals surface area contributed by atoms with Crippen molar-refractivity contribution in [3.8, 4) is 11.5 Å². The van der Waals surface area contributed by atoms with Gasteiger partial charge in [0, 0.05) is 0 Å². The zero-order valence-electron chi connectivity index (χ0n) is 21.8. The lowest BCUT2D eigenvalue weighted by atomic mass is 9.84. The quantitative estimate of drug-likeness (QED) is 0.286. The van der Waals surface area contributed by atoms with Crippen LogP contribution in [-0.2, 0) is 14.3 Å². The summed E-state index contributed by atoms with van der Waals surface area (Å²) in [6.07, 6.45) is 5.04. The molecule has 1 aliphatic rings. The van der Waals surface area contributed by atoms with Crippen molar-refractivity contribution in [2.45, 2.75) is 5.16 Å². The van der Waals surface area contributed by atoms with Gasteiger partial charge >= 0.3 is 5.97 Å². The second kappa shape index (κ2) is 11.5. The minimum absolute atomic E-state index is 0.179. The number of ketones is 1. The molecule has 0 radical (unpaired) electrons. The van der Waals surface area contributed by atoms with Crippen LogP contribution in [0.25, 0.3) is 5.57 Å². The Bertz CT molecular complexity index is 1390. The van der Waals surface area contributed by atoms with E-state index in [4.69, 9.17) is 18.9 Å². The maximum atomic E-state index is 14.3. The number of allylic oxidation sites excluding steroid dienone is 4. The van der Waals surface area contributed by atoms with Gasteiger partial charge in [0.25, 0.3) is 0 Å². The molecule has 0 saturated carbocycles. The summed E-state index contributed by atoms with van der Waals surface area (Å²) in [6.45, 7) is 4.49. The van der Waals surface area contributed by atoms with Gasteiger partial charge in [-0.3, -0.25) is 4.79 Å². The zero-order valence-corrected chi connectivity index (χ0v) is 22.7. The normalized spacial score (nSPS) is 17.3. The van der Waals surface area contributed by atoms with Gasteiger partial charge in [0.05, 0.1) is 39.3 Å². The average molecular weight is 529 g/mol. The van der Waals surface area contributed by atoms with Crippen LogP contribution < -0.4 is 20.1 Å². The second-order valence-electron chi connectivity index (χ2n) is 8.40. The van der Waals surface area contributed by atoms with Crippen molar-refractivity contribution in [2.24, 2.45) is 0 Å². The summed E-state index contributed by atoms with van der Waals surface area (Å²) in [5.41, 5.74) is 1.60. The molecule has 0 saturated heterocycles. The number of ether oxygens (including phenoxy) is 4. The van der Waals surface area contributed by atoms with E-state index in [-0.39, 0.29) is 5.78 Å². The molecular weight excluding hydrogens is 499 g/mol. The van der Waals surface area contributed by atoms with Crippen LogP contribution in [0.3, 0.4) is 0 Å². The number of hydrogen-bond acceptors (Lipinski definition) is 6. The first kappa shape index (κ1) is 26.9. The summed E-state index contributed by atoms with van der Waals surface area (Å²) in [7, 11) is 4.47. The Morgan fingerprint density at radius 2 is 1.39 bits per heavy atom. The highest BCUT2D eigenvalue weighted by Crippen LogP contribution is 2.62. The Kier molecular flexibility index (Phi) is 8.13. The van der Waals surface area contributed by atoms with E-state index < -0.39 is 19.0 Å². The molecule has 6 nitrogen and oxygen atoms in total. The molecule has 0 heterocycles. The molecule has 194 valence electrons. The summed E-state index contributed by atoms with van der Waals surface area (Å²) >= 11 is 0. The van der Waals surface area contributed by atoms with Crippen molar-refractivity contribution in [2.75, 3.05) is 28.4 Å². The van der Waals surface area contributed by atoms with Gasteiger partial charge < -0.3 is 18.9 Å². The van der Waals surface area contributed by atoms with Gasteiger partial charge in [0.15, 0.2) is 5.78 Å². The summed E-state index contributed by atoms with van der Waals surface area (Å²) in [6, 6.07) is 22.2. The molecule has 0 amide bonds. The third-order valence-corrected chi connectivity index (χ3v) is 9.58. The molecule has 0 aliphatic heterocycles. The van der Waals surface area contributed by atoms with Gasteiger partial charge in [-0.2, -0.15) is 0 Å². The Labute approximate surface area is 223 Å². The van der Waals surface area contributed by atoms with Crippen molar-refractivity contribution in [3.63, 3.8) is 0 Å². The van der Waals surface area contributed by atoms with Crippen molar-refractivity contribution >= 4 is 35.9 Å². The first-order valence-electron chi connectivity index (χ1n) is 11.9. The van der Waals surface area contributed by atoms with Gasteiger partial charge in [-0.15, -0.1) is 0 Å². The Hall–Kier alpha value is -4.15. The molecule has 3 aromatic rings. The highest BCUT2D eigenvalue weighted by Gasteiger charge is 2.55. The maximum absolute atomic E-state index is 14.3. The van der Waals surface area contributed by atoms with Crippen LogP contribution in [0.4, 0.5) is 0 Å². The number of methoxy groups -OCH3 is 4. The van der Waals surface area contributed by atoms with E-state index in [1.807, 2.05) is 48.5 Å². The van der Waals surface area contributed by atoms with E-state index >= 15 is 0 Å². The molecule has 2 atom stereocenters. The Morgan fingerprint density at radius 3 is 1.95 bits per heavy atom. The first-order valence-corrected chi connectivity index (χ1v) is 13.2. The van der Waals surface area contributed by atoms with Gasteiger partial charge in [-0.05, 0) is 60.8 Å². The van der Waals surface area contributed by atoms with Crippen LogP contribution in [0.1, 0.15) is 15.9 Å². The van der Waals surface area contributed by atoms with Crippen molar-refractivity contribution in [1.82, 2.24) is 0 Å². The largest absolute Gasteiger partial charge is 0.499 e. The van der Waals surface area contributed by atoms with E-state index in [2.05, 4.69) is 6.58 Å². The summed E-state index contributed by atoms with van der Waals surface area (Å²) in [4.78, 5) is 26.4. The number of hydrogen-bond donors (Lipinski definition) is 0. The molecule has 3 aromatic carbocycles. The Morgan fingerprint density at radius 1 is 0.789 bits per heavy atom. The van der Waals surface area contributed by atoms with Crippen molar-refractivity contribution in [1.29, 1.82) is 0 Å². The fourth-order valence-electron chi connectivity index (χ4n) is 4.71. The van der Waals surface area contributed by atoms with E-state index in [0.29, 0.717) is 34.0 Å². The molecule has 7 heteroatoms. The molecule has 4 rings (SSSR count). The SMILES string of the molecule is C=C(c1ccc(C(=O)OC)cc1)C1(P(c2ccccc2)c2c(OC)cccc2OC)C(=O)C=CC=C1OC. The van der Waals surface area contributed by atoms with Gasteiger partial charge in [0.1, 0.15) is 22.4 Å². The Balaban J connectivity index is 2.08. The van der Waals surface area contributed by atoms with Crippen LogP contribution in [0, 0.1) is 0 Å². The molecule has 2 unspecified atom stereocenters. The molecule has 0 bridgehead atoms. The third kappa shape index (κ3) is 4.52. The van der Waals surface area contributed by atoms with E-state index in [1.54, 1.807) is 63.8 Å². The standard InChI is InChI=1S/C31H29O6P/c1-21(22-17-19-23(20-18-22)30(33)37-5)31(27(32)15-10-16-28(31)36-4)38(24-11-7-6-8-12-24)29-25(34-2)13-9-14-26(29)35-3/h6-20H,1H2,2-5H3. The molecule has 38 heavy (non-hydrogen) atoms. The molecule has 0 fully saturated rings. The predicted octanol–water partition coefficient (Wildman–Crippen LogP) is 5.04. The maximum Gasteiger partial charge on any atom is 0.337 e. The van der Waals surface area contributed by atoms with Crippen molar-refractivity contribution in [3.05, 3.63) is 114 Å². The molecule has 0 spiro atoms. The number of esters is 1. The number of rotatable bonds is 9. The molecule has 1 aliphatic carbocycles. The van der Waals surface area contributed by atoms with Gasteiger partial charge in [-0.1, -0.05) is 61.2 Å². The number of carbonyl (C=O) groups excluding carboxylic acids is 2. The molecule has 0 aromatic heterocycles. The predicted molar refractivity (Wildman–Crippen MR) is 151 cm³/mol. The molecule has 0 N–H and O–H groups in total. The second-order valence-corrected chi connectivity index (χ2v) is 10.7. The highest BCUT2D eigenvalue weighted by atomic mass is 31.1. The van der Waals surface area contributed by atoms with Crippen LogP contribution in [-0.4, -0.2) is 45.3 Å². The summed E-state index contributed by atoms with van der Waals surface area (Å²) in [5, 5.41) is 0.316. The fourth-order valence-corrected chi connectivity index (χ4v) is 8.01. The fraction of sp³-hybridized carbons (Fsp3) is 0.161. The average Bonchev–Trinajstić information content (AvgIpc) is 2.97. The lowest BCUT2D eigenvalue weighted by molar-refractivity contribution is -0.115. The lowest BCUT2D eigenvalue weighted by Gasteiger charge is -2.43. The van der Waals surface area contributed by atoms with Crippen LogP contribution in [0.15, 0.2) is 103 Å². The number of benzene rings is 3. The first-order chi connectivity index (χ1) is 18.4. The zero-order chi connectivity index (χ0) is 27.3. The van der Waals surface area contributed by atoms with Crippen LogP contribution >= 0.6 is 7.92 Å². The van der Waals surface area contributed by atoms with Crippen molar-refractivity contribution < 1.29 is 28.5 Å². The summed E-state index contributed by atoms with van der Waals surface area (Å²) < 4.78 is 22.5. The lowest BCUT2D eigenvalue weighted by Crippen LogP contribution is -2.46. The van der Waals surface area contributed by atoms with E-state index in [9.17, 15) is 9.59 Å². The van der Waals surface area contributed by atoms with Gasteiger partial charge in [-0.25, -0.2) is 4.79 Å². The van der Waals surface area contributed by atoms with E-state index in [0.717, 1.165) is 10.6 Å². The molecular formula is C31H29O6P. The highest BCUT2D eigenvalue weighted by molar-refractivity contribution is 7.76. The summed E-state index contributed by atoms with van der Waals surface area (Å²) in [5.74, 6) is 1.00. The van der Waals surface area contributed by atoms with Crippen LogP contribution in [0.5, 0.6) is 11.5 Å². The monoisotopic (exact) mass is 528 g/mol. The van der Waals surface area contributed by atoms with E-state index in [1.165, 1.54) is 7.11 Å². The topological polar surface area (TPSA) is 71.1 Å². The smallest absolute Gasteiger partial charge is 0.337 e.